The van der Waals surface area contributed by atoms with Crippen LogP contribution >= 0.6 is 11.8 Å². The molecule has 149 heavy (non-hydrogen) atoms. The van der Waals surface area contributed by atoms with Crippen molar-refractivity contribution in [3.63, 3.8) is 0 Å². The molecule has 0 N–H and O–H groups in total. The molecule has 0 fully saturated rings. The van der Waals surface area contributed by atoms with Crippen LogP contribution in [0.5, 0.6) is 23.0 Å². The Kier molecular flexibility index (Phi) is 23.5. The highest BCUT2D eigenvalue weighted by Gasteiger charge is 2.36. The summed E-state index contributed by atoms with van der Waals surface area (Å²) in [6.45, 7) is 4.58. The van der Waals surface area contributed by atoms with Crippen LogP contribution in [-0.2, 0) is 5.41 Å². The largest absolute Gasteiger partial charge is 0.457 e. The predicted octanol–water partition coefficient (Wildman–Crippen LogP) is 40.7. The second kappa shape index (κ2) is 38.9. The number of para-hydroxylation sites is 4. The number of hydrogen-bond donors (Lipinski definition) is 0. The van der Waals surface area contributed by atoms with Gasteiger partial charge < -0.3 is 34.0 Å². The fraction of sp³-hybridized carbons (Fsp3) is 0.0213. The van der Waals surface area contributed by atoms with Gasteiger partial charge in [-0.1, -0.05) is 408 Å². The van der Waals surface area contributed by atoms with Crippen LogP contribution < -0.4 is 34.0 Å². The minimum absolute atomic E-state index is 0.211. The van der Waals surface area contributed by atoms with Crippen molar-refractivity contribution in [3.8, 4) is 78.6 Å². The summed E-state index contributed by atoms with van der Waals surface area (Å²) in [7, 11) is 0. The van der Waals surface area contributed by atoms with Crippen LogP contribution in [0.15, 0.2) is 574 Å². The van der Waals surface area contributed by atoms with Crippen molar-refractivity contribution >= 4 is 162 Å². The monoisotopic (exact) mass is 1930 g/mol. The molecule has 0 radical (unpaired) electrons. The van der Waals surface area contributed by atoms with Crippen LogP contribution in [0.2, 0.25) is 0 Å². The Balaban J connectivity index is 0.000000114. The zero-order chi connectivity index (χ0) is 99.2. The number of nitrogens with zero attached hydrogens (tertiary/aromatic N) is 5. The summed E-state index contributed by atoms with van der Waals surface area (Å²) in [4.78, 5) is 14.3. The molecule has 8 heteroatoms. The molecule has 0 amide bonds. The zero-order valence-electron chi connectivity index (χ0n) is 82.2. The first-order valence-electron chi connectivity index (χ1n) is 50.9. The lowest BCUT2D eigenvalue weighted by Gasteiger charge is -2.36. The summed E-state index contributed by atoms with van der Waals surface area (Å²) < 4.78 is 13.1. The van der Waals surface area contributed by atoms with E-state index in [1.165, 1.54) is 153 Å². The summed E-state index contributed by atoms with van der Waals surface area (Å²) in [5.41, 5.74) is 30.5. The topological polar surface area (TPSA) is 34.7 Å². The molecule has 3 aliphatic rings. The molecule has 3 aliphatic heterocycles. The van der Waals surface area contributed by atoms with Crippen molar-refractivity contribution in [1.29, 1.82) is 0 Å². The third kappa shape index (κ3) is 17.4. The van der Waals surface area contributed by atoms with Crippen LogP contribution in [0.25, 0.3) is 120 Å². The Labute approximate surface area is 872 Å². The average molecular weight is 1930 g/mol. The molecule has 0 spiro atoms. The van der Waals surface area contributed by atoms with E-state index in [1.807, 2.05) is 30.0 Å². The Hall–Kier alpha value is -19.0. The summed E-state index contributed by atoms with van der Waals surface area (Å²) in [5.74, 6) is 3.46. The van der Waals surface area contributed by atoms with Crippen LogP contribution in [0.3, 0.4) is 0 Å². The van der Waals surface area contributed by atoms with E-state index in [2.05, 4.69) is 584 Å². The Morgan fingerprint density at radius 3 is 0.953 bits per heavy atom. The minimum atomic E-state index is -0.211. The smallest absolute Gasteiger partial charge is 0.153 e. The van der Waals surface area contributed by atoms with Gasteiger partial charge in [-0.3, -0.25) is 0 Å². The van der Waals surface area contributed by atoms with Gasteiger partial charge in [0.1, 0.15) is 11.5 Å². The van der Waals surface area contributed by atoms with E-state index in [0.717, 1.165) is 96.9 Å². The van der Waals surface area contributed by atoms with E-state index in [0.29, 0.717) is 0 Å². The number of hydrogen-bond acceptors (Lipinski definition) is 8. The third-order valence-corrected chi connectivity index (χ3v) is 30.4. The SMILES string of the molecule is CC1(C)c2ccccc2Oc2ccc(N(c3cccc(-c4ccccc4)c3)c3ccc4ccc5ccccc5c4c3)cc21.c1ccc(-c2ccc(N(c3ccc4c(c3)Oc3ccccc3N4c3ccc(-c4ccccc4)cc3)c3ccc4ccc5ccccc5c4c3)cc2)cc1.c1ccc(-c2ccc(N(c3ccc4c(c3)Sc3ccccc3N4c3ccc(-c4ccccc4)cc3)c3ccc4ccc5ccccc5c4c3)cc2)cc1. The summed E-state index contributed by atoms with van der Waals surface area (Å²) in [6, 6.07) is 202. The molecule has 0 aliphatic carbocycles. The van der Waals surface area contributed by atoms with E-state index >= 15 is 0 Å². The minimum Gasteiger partial charge on any atom is -0.457 e. The molecule has 0 atom stereocenters. The molecular formula is C141H99N5O2S. The molecule has 3 heterocycles. The summed E-state index contributed by atoms with van der Waals surface area (Å²) >= 11 is 1.84. The number of benzene rings is 25. The van der Waals surface area contributed by atoms with E-state index in [4.69, 9.17) is 9.47 Å². The first-order chi connectivity index (χ1) is 73.6. The first kappa shape index (κ1) is 90.1. The predicted molar refractivity (Wildman–Crippen MR) is 628 cm³/mol. The zero-order valence-corrected chi connectivity index (χ0v) is 83.0. The standard InChI is InChI=1S/C50H34N2O.C50H34N2S.C41H31NO/c2*1-3-11-35(12-4-1)37-21-26-41(27-22-37)51(43-30-25-40-20-19-39-15-7-8-16-45(39)46(40)33-43)44-31-32-48-50(34-44)53-49-18-10-9-17-47(49)52(48)42-28-23-38(24-29-42)36-13-5-2-6-14-36;1-41(2)37-17-8-9-18-39(37)43-40-24-23-34(27-38(40)41)42(32-15-10-14-31(25-32)28-11-4-3-5-12-28)33-22-21-30-20-19-29-13-6-7-16-35(29)36(30)26-33/h2*1-34H;3-27H,1-2H3. The fourth-order valence-corrected chi connectivity index (χ4v) is 22.9. The normalized spacial score (nSPS) is 12.3. The molecule has 25 aromatic carbocycles. The molecule has 25 aromatic rings. The number of ether oxygens (including phenoxy) is 2. The van der Waals surface area contributed by atoms with Crippen molar-refractivity contribution < 1.29 is 9.47 Å². The van der Waals surface area contributed by atoms with Gasteiger partial charge in [0.05, 0.1) is 22.7 Å². The average Bonchev–Trinajstić information content (AvgIpc) is 0.734. The fourth-order valence-electron chi connectivity index (χ4n) is 21.8. The van der Waals surface area contributed by atoms with Gasteiger partial charge in [-0.05, 0) is 296 Å². The maximum Gasteiger partial charge on any atom is 0.153 e. The molecule has 0 unspecified atom stereocenters. The lowest BCUT2D eigenvalue weighted by molar-refractivity contribution is 0.418. The lowest BCUT2D eigenvalue weighted by Crippen LogP contribution is -2.24. The van der Waals surface area contributed by atoms with Gasteiger partial charge in [-0.15, -0.1) is 0 Å². The van der Waals surface area contributed by atoms with Gasteiger partial charge in [0.25, 0.3) is 0 Å². The van der Waals surface area contributed by atoms with Crippen LogP contribution in [-0.4, -0.2) is 0 Å². The summed E-state index contributed by atoms with van der Waals surface area (Å²) in [6.07, 6.45) is 0. The highest BCUT2D eigenvalue weighted by atomic mass is 32.2. The molecule has 7 nitrogen and oxygen atoms in total. The quantitative estimate of drug-likeness (QED) is 0.0886. The van der Waals surface area contributed by atoms with Gasteiger partial charge in [-0.2, -0.15) is 0 Å². The van der Waals surface area contributed by atoms with E-state index in [9.17, 15) is 0 Å². The highest BCUT2D eigenvalue weighted by Crippen LogP contribution is 2.58. The van der Waals surface area contributed by atoms with Gasteiger partial charge in [0.15, 0.2) is 11.5 Å². The van der Waals surface area contributed by atoms with Gasteiger partial charge >= 0.3 is 0 Å². The second-order valence-electron chi connectivity index (χ2n) is 38.7. The Bertz CT molecular complexity index is 8950. The maximum atomic E-state index is 6.72. The molecule has 0 bridgehead atoms. The Morgan fingerprint density at radius 1 is 0.174 bits per heavy atom. The molecular weight excluding hydrogens is 1830 g/mol. The van der Waals surface area contributed by atoms with Crippen molar-refractivity contribution in [3.05, 3.63) is 575 Å². The molecule has 28 rings (SSSR count). The number of anilines is 15. The van der Waals surface area contributed by atoms with E-state index in [-0.39, 0.29) is 5.41 Å². The van der Waals surface area contributed by atoms with Crippen molar-refractivity contribution in [1.82, 2.24) is 0 Å². The lowest BCUT2D eigenvalue weighted by atomic mass is 9.75. The van der Waals surface area contributed by atoms with Crippen molar-refractivity contribution in [2.75, 3.05) is 24.5 Å². The first-order valence-corrected chi connectivity index (χ1v) is 51.7. The van der Waals surface area contributed by atoms with Gasteiger partial charge in [-0.25, -0.2) is 0 Å². The maximum absolute atomic E-state index is 6.72. The van der Waals surface area contributed by atoms with Gasteiger partial charge in [0, 0.05) is 95.0 Å². The van der Waals surface area contributed by atoms with E-state index in [1.54, 1.807) is 0 Å². The summed E-state index contributed by atoms with van der Waals surface area (Å²) in [5, 5.41) is 14.9. The number of rotatable bonds is 16. The molecule has 0 saturated heterocycles. The molecule has 706 valence electrons. The Morgan fingerprint density at radius 2 is 0.470 bits per heavy atom. The van der Waals surface area contributed by atoms with E-state index < -0.39 is 0 Å². The van der Waals surface area contributed by atoms with Crippen LogP contribution in [0, 0.1) is 0 Å². The van der Waals surface area contributed by atoms with Gasteiger partial charge in [0.2, 0.25) is 0 Å². The third-order valence-electron chi connectivity index (χ3n) is 29.3. The van der Waals surface area contributed by atoms with Crippen molar-refractivity contribution in [2.24, 2.45) is 0 Å². The molecule has 0 aromatic heterocycles. The number of fused-ring (bicyclic) bond motifs is 15. The molecule has 0 saturated carbocycles. The second-order valence-corrected chi connectivity index (χ2v) is 39.8. The van der Waals surface area contributed by atoms with Crippen molar-refractivity contribution in [2.45, 2.75) is 29.1 Å². The van der Waals surface area contributed by atoms with Crippen LogP contribution in [0.4, 0.5) is 85.3 Å². The highest BCUT2D eigenvalue weighted by molar-refractivity contribution is 7.99. The van der Waals surface area contributed by atoms with Crippen LogP contribution in [0.1, 0.15) is 25.0 Å².